The van der Waals surface area contributed by atoms with Gasteiger partial charge in [-0.2, -0.15) is 8.75 Å². The highest BCUT2D eigenvalue weighted by Gasteiger charge is 2.43. The van der Waals surface area contributed by atoms with E-state index in [1.54, 1.807) is 22.7 Å². The molecule has 0 amide bonds. The van der Waals surface area contributed by atoms with Crippen LogP contribution in [-0.2, 0) is 33.8 Å². The number of ether oxygens (including phenoxy) is 8. The smallest absolute Gasteiger partial charge is 0.138 e. The molecule has 448 valence electrons. The Hall–Kier alpha value is -5.32. The summed E-state index contributed by atoms with van der Waals surface area (Å²) in [6.45, 7) is 15.8. The molecule has 0 fully saturated rings. The summed E-state index contributed by atoms with van der Waals surface area (Å²) < 4.78 is 57.7. The molecule has 84 heavy (non-hydrogen) atoms. The fourth-order valence-corrected chi connectivity index (χ4v) is 14.4. The number of unbranched alkanes of at least 4 members (excludes halogenated alkanes) is 10. The van der Waals surface area contributed by atoms with Gasteiger partial charge in [0.1, 0.15) is 35.7 Å². The predicted molar refractivity (Wildman–Crippen MR) is 350 cm³/mol. The van der Waals surface area contributed by atoms with E-state index in [0.717, 1.165) is 71.6 Å². The lowest BCUT2D eigenvalue weighted by atomic mass is 9.70. The van der Waals surface area contributed by atoms with Gasteiger partial charge < -0.3 is 37.9 Å². The number of thiophene rings is 2. The molecule has 0 radical (unpaired) electrons. The lowest BCUT2D eigenvalue weighted by molar-refractivity contribution is 0.0114. The van der Waals surface area contributed by atoms with Crippen molar-refractivity contribution in [1.29, 1.82) is 0 Å². The van der Waals surface area contributed by atoms with E-state index in [2.05, 4.69) is 129 Å². The van der Waals surface area contributed by atoms with Crippen LogP contribution in [0.1, 0.15) is 129 Å². The summed E-state index contributed by atoms with van der Waals surface area (Å²) in [5.41, 5.74) is 14.2. The molecule has 0 saturated heterocycles. The number of nitrogens with zero attached hydrogens (tertiary/aromatic N) is 2. The first kappa shape index (κ1) is 63.2. The van der Waals surface area contributed by atoms with E-state index in [9.17, 15) is 0 Å². The fraction of sp³-hybridized carbons (Fsp3) is 0.465. The molecular formula is C71H88N2O8S3. The van der Waals surface area contributed by atoms with E-state index in [0.29, 0.717) is 92.5 Å². The summed E-state index contributed by atoms with van der Waals surface area (Å²) in [6, 6.07) is 44.9. The molecule has 5 aromatic carbocycles. The highest BCUT2D eigenvalue weighted by atomic mass is 32.1. The van der Waals surface area contributed by atoms with Crippen LogP contribution in [0.2, 0.25) is 0 Å². The number of fused-ring (bicyclic) bond motifs is 4. The molecular weight excluding hydrogens is 1100 g/mol. The van der Waals surface area contributed by atoms with Gasteiger partial charge >= 0.3 is 0 Å². The molecule has 0 saturated carbocycles. The number of benzene rings is 5. The Morgan fingerprint density at radius 1 is 0.357 bits per heavy atom. The van der Waals surface area contributed by atoms with Crippen LogP contribution in [0.4, 0.5) is 0 Å². The molecule has 0 aliphatic heterocycles. The van der Waals surface area contributed by atoms with Gasteiger partial charge in [-0.3, -0.25) is 0 Å². The predicted octanol–water partition coefficient (Wildman–Crippen LogP) is 18.8. The second-order valence-corrected chi connectivity index (χ2v) is 24.3. The van der Waals surface area contributed by atoms with Crippen LogP contribution in [0.5, 0.6) is 11.5 Å². The molecule has 13 heteroatoms. The number of aromatic nitrogens is 2. The monoisotopic (exact) mass is 1190 g/mol. The van der Waals surface area contributed by atoms with E-state index in [1.165, 1.54) is 128 Å². The Bertz CT molecular complexity index is 3180. The third kappa shape index (κ3) is 16.8. The summed E-state index contributed by atoms with van der Waals surface area (Å²) in [7, 11) is 0. The molecule has 0 N–H and O–H groups in total. The summed E-state index contributed by atoms with van der Waals surface area (Å²) >= 11 is 4.71. The maximum atomic E-state index is 6.83. The minimum Gasteiger partial charge on any atom is -0.490 e. The van der Waals surface area contributed by atoms with Crippen LogP contribution in [0.25, 0.3) is 75.0 Å². The molecule has 1 aliphatic carbocycles. The maximum Gasteiger partial charge on any atom is 0.138 e. The number of hydrogen-bond donors (Lipinski definition) is 0. The van der Waals surface area contributed by atoms with Gasteiger partial charge in [-0.1, -0.05) is 188 Å². The first-order valence-corrected chi connectivity index (χ1v) is 33.6. The van der Waals surface area contributed by atoms with Crippen molar-refractivity contribution in [3.8, 4) is 75.5 Å². The fourth-order valence-electron chi connectivity index (χ4n) is 11.6. The third-order valence-corrected chi connectivity index (χ3v) is 18.8. The van der Waals surface area contributed by atoms with Gasteiger partial charge in [0.2, 0.25) is 0 Å². The second kappa shape index (κ2) is 34.1. The van der Waals surface area contributed by atoms with Gasteiger partial charge in [0, 0.05) is 39.5 Å². The van der Waals surface area contributed by atoms with E-state index in [4.69, 9.17) is 46.6 Å². The van der Waals surface area contributed by atoms with E-state index >= 15 is 0 Å². The topological polar surface area (TPSA) is 99.6 Å². The lowest BCUT2D eigenvalue weighted by Crippen LogP contribution is -2.25. The zero-order valence-corrected chi connectivity index (χ0v) is 52.7. The molecule has 10 nitrogen and oxygen atoms in total. The van der Waals surface area contributed by atoms with Crippen LogP contribution < -0.4 is 9.47 Å². The van der Waals surface area contributed by atoms with Crippen molar-refractivity contribution in [2.24, 2.45) is 0 Å². The Balaban J connectivity index is 1.06. The maximum absolute atomic E-state index is 6.83. The largest absolute Gasteiger partial charge is 0.490 e. The normalized spacial score (nSPS) is 12.6. The Labute approximate surface area is 512 Å². The average molecular weight is 1190 g/mol. The van der Waals surface area contributed by atoms with Crippen LogP contribution in [0.15, 0.2) is 121 Å². The van der Waals surface area contributed by atoms with Crippen LogP contribution in [-0.4, -0.2) is 101 Å². The van der Waals surface area contributed by atoms with Crippen molar-refractivity contribution in [1.82, 2.24) is 8.75 Å². The minimum absolute atomic E-state index is 0.102. The molecule has 8 aromatic rings. The van der Waals surface area contributed by atoms with Gasteiger partial charge in [-0.25, -0.2) is 0 Å². The van der Waals surface area contributed by atoms with Gasteiger partial charge in [-0.15, -0.1) is 22.7 Å². The van der Waals surface area contributed by atoms with Crippen molar-refractivity contribution in [2.75, 3.05) is 92.5 Å². The summed E-state index contributed by atoms with van der Waals surface area (Å²) in [5.74, 6) is 1.60. The summed E-state index contributed by atoms with van der Waals surface area (Å²) in [6.07, 6.45) is 17.6. The highest BCUT2D eigenvalue weighted by molar-refractivity contribution is 7.20. The van der Waals surface area contributed by atoms with Crippen molar-refractivity contribution < 1.29 is 37.9 Å². The number of hydrogen-bond acceptors (Lipinski definition) is 13. The standard InChI is InChI=1S/C71H88N2O8S3/c1-5-9-11-13-15-23-35-71(36-24-16-14-12-10-6-2)61-49-55(53-25-19-17-20-26-53)29-31-57(61)58-32-30-56(50-62(58)71)66-52-64(81-48-46-79-44-42-77-40-38-75-8-4)70(83-66)60-34-33-59(67-68(60)73-84-72-67)69-63(51-65(82-69)54-27-21-18-22-28-54)80-47-45-78-43-41-76-39-37-74-7-3/h17-22,25-34,49-52H,5-16,23-24,35-48H2,1-4H3. The number of rotatable bonds is 41. The molecule has 0 bridgehead atoms. The molecule has 9 rings (SSSR count). The van der Waals surface area contributed by atoms with Gasteiger partial charge in [0.15, 0.2) is 0 Å². The van der Waals surface area contributed by atoms with Gasteiger partial charge in [0.25, 0.3) is 0 Å². The van der Waals surface area contributed by atoms with Gasteiger partial charge in [-0.05, 0) is 95.5 Å². The van der Waals surface area contributed by atoms with Crippen LogP contribution in [0, 0.1) is 0 Å². The average Bonchev–Trinajstić information content (AvgIpc) is 2.59. The summed E-state index contributed by atoms with van der Waals surface area (Å²) in [4.78, 5) is 4.28. The first-order valence-electron chi connectivity index (χ1n) is 31.2. The van der Waals surface area contributed by atoms with Crippen molar-refractivity contribution >= 4 is 45.4 Å². The molecule has 0 atom stereocenters. The Morgan fingerprint density at radius 2 is 0.750 bits per heavy atom. The van der Waals surface area contributed by atoms with Crippen molar-refractivity contribution in [2.45, 2.75) is 123 Å². The van der Waals surface area contributed by atoms with E-state index in [-0.39, 0.29) is 5.41 Å². The molecule has 0 unspecified atom stereocenters. The molecule has 3 aromatic heterocycles. The third-order valence-electron chi connectivity index (χ3n) is 15.9. The Kier molecular flexibility index (Phi) is 25.7. The molecule has 0 spiro atoms. The first-order chi connectivity index (χ1) is 41.6. The van der Waals surface area contributed by atoms with Gasteiger partial charge in [0.05, 0.1) is 87.6 Å². The molecule has 3 heterocycles. The second-order valence-electron chi connectivity index (χ2n) is 21.6. The van der Waals surface area contributed by atoms with Crippen molar-refractivity contribution in [3.05, 3.63) is 132 Å². The highest BCUT2D eigenvalue weighted by Crippen LogP contribution is 2.57. The summed E-state index contributed by atoms with van der Waals surface area (Å²) in [5, 5.41) is 0. The van der Waals surface area contributed by atoms with E-state index in [1.807, 2.05) is 19.9 Å². The zero-order chi connectivity index (χ0) is 58.0. The van der Waals surface area contributed by atoms with E-state index < -0.39 is 0 Å². The quantitative estimate of drug-likeness (QED) is 0.0345. The lowest BCUT2D eigenvalue weighted by Gasteiger charge is -2.33. The van der Waals surface area contributed by atoms with Crippen LogP contribution >= 0.6 is 34.4 Å². The van der Waals surface area contributed by atoms with Crippen LogP contribution in [0.3, 0.4) is 0 Å². The van der Waals surface area contributed by atoms with Crippen molar-refractivity contribution in [3.63, 3.8) is 0 Å². The minimum atomic E-state index is -0.102. The SMILES string of the molecule is CCCCCCCCC1(CCCCCCCC)c2cc(-c3ccccc3)ccc2-c2ccc(-c3cc(OCCOCCOCCOCC)c(-c4ccc(-c5sc(-c6ccccc6)cc5OCCOCCOCCOCC)c5nsnc45)s3)cc21. The molecule has 1 aliphatic rings. The Morgan fingerprint density at radius 3 is 1.23 bits per heavy atom. The zero-order valence-electron chi connectivity index (χ0n) is 50.2.